The Morgan fingerprint density at radius 3 is 2.41 bits per heavy atom. The molecule has 29 heavy (non-hydrogen) atoms. The fraction of sp³-hybridized carbons (Fsp3) is 0.333. The predicted octanol–water partition coefficient (Wildman–Crippen LogP) is 5.26. The van der Waals surface area contributed by atoms with Crippen molar-refractivity contribution >= 4 is 23.0 Å². The highest BCUT2D eigenvalue weighted by molar-refractivity contribution is 7.80. The summed E-state index contributed by atoms with van der Waals surface area (Å²) in [7, 11) is 0. The van der Waals surface area contributed by atoms with E-state index in [1.807, 2.05) is 18.3 Å². The third-order valence-electron chi connectivity index (χ3n) is 5.97. The lowest BCUT2D eigenvalue weighted by atomic mass is 9.96. The molecular weight excluding hydrogens is 376 g/mol. The lowest BCUT2D eigenvalue weighted by Crippen LogP contribution is -2.29. The molecule has 3 heterocycles. The zero-order chi connectivity index (χ0) is 20.5. The summed E-state index contributed by atoms with van der Waals surface area (Å²) in [5.74, 6) is 0. The molecule has 150 valence electrons. The molecule has 0 amide bonds. The first-order chi connectivity index (χ1) is 14.0. The summed E-state index contributed by atoms with van der Waals surface area (Å²) in [6.45, 7) is 9.72. The minimum Gasteiger partial charge on any atom is -0.351 e. The summed E-state index contributed by atoms with van der Waals surface area (Å²) in [6, 6.07) is 17.2. The van der Waals surface area contributed by atoms with Gasteiger partial charge in [0.2, 0.25) is 0 Å². The van der Waals surface area contributed by atoms with Crippen molar-refractivity contribution in [2.45, 2.75) is 52.7 Å². The molecule has 2 atom stereocenters. The third kappa shape index (κ3) is 3.44. The van der Waals surface area contributed by atoms with Gasteiger partial charge in [-0.25, -0.2) is 0 Å². The number of rotatable bonds is 5. The number of aromatic nitrogens is 2. The SMILES string of the molecule is CCc1ccc(N2C(=S)N[C@H](c3ccccn3)[C@@H]2c2cc(C)n(CC)c2C)cc1. The quantitative estimate of drug-likeness (QED) is 0.588. The standard InChI is InChI=1S/C24H28N4S/c1-5-18-10-12-19(13-11-18)28-23(20-15-16(3)27(6-2)17(20)4)22(26-24(28)29)21-9-7-8-14-25-21/h7-15,22-23H,5-6H2,1-4H3,(H,26,29)/t22-,23+/m1/s1. The summed E-state index contributed by atoms with van der Waals surface area (Å²) < 4.78 is 2.37. The number of nitrogens with one attached hydrogen (secondary N) is 1. The molecule has 0 bridgehead atoms. The van der Waals surface area contributed by atoms with Crippen LogP contribution in [0.15, 0.2) is 54.7 Å². The number of anilines is 1. The van der Waals surface area contributed by atoms with Gasteiger partial charge in [0.15, 0.2) is 5.11 Å². The van der Waals surface area contributed by atoms with Gasteiger partial charge >= 0.3 is 0 Å². The Labute approximate surface area is 178 Å². The Morgan fingerprint density at radius 2 is 1.83 bits per heavy atom. The highest BCUT2D eigenvalue weighted by Gasteiger charge is 2.42. The molecule has 1 N–H and O–H groups in total. The lowest BCUT2D eigenvalue weighted by Gasteiger charge is -2.28. The molecule has 2 aromatic heterocycles. The molecular formula is C24H28N4S. The fourth-order valence-corrected chi connectivity index (χ4v) is 4.80. The van der Waals surface area contributed by atoms with Crippen molar-refractivity contribution < 1.29 is 0 Å². The number of pyridine rings is 1. The number of nitrogens with zero attached hydrogens (tertiary/aromatic N) is 3. The van der Waals surface area contributed by atoms with Crippen LogP contribution in [-0.4, -0.2) is 14.7 Å². The first-order valence-electron chi connectivity index (χ1n) is 10.3. The van der Waals surface area contributed by atoms with Gasteiger partial charge in [0.25, 0.3) is 0 Å². The number of benzene rings is 1. The minimum atomic E-state index is 0.000331. The van der Waals surface area contributed by atoms with Crippen LogP contribution in [-0.2, 0) is 13.0 Å². The molecule has 0 unspecified atom stereocenters. The average molecular weight is 405 g/mol. The van der Waals surface area contributed by atoms with Gasteiger partial charge < -0.3 is 14.8 Å². The van der Waals surface area contributed by atoms with Crippen LogP contribution in [0.5, 0.6) is 0 Å². The second kappa shape index (κ2) is 7.99. The van der Waals surface area contributed by atoms with Gasteiger partial charge in [-0.05, 0) is 80.9 Å². The van der Waals surface area contributed by atoms with Crippen LogP contribution in [0, 0.1) is 13.8 Å². The van der Waals surface area contributed by atoms with E-state index in [0.717, 1.165) is 29.5 Å². The average Bonchev–Trinajstić information content (AvgIpc) is 3.24. The van der Waals surface area contributed by atoms with Gasteiger partial charge in [-0.2, -0.15) is 0 Å². The summed E-state index contributed by atoms with van der Waals surface area (Å²) in [6.07, 6.45) is 2.88. The van der Waals surface area contributed by atoms with E-state index in [2.05, 4.69) is 83.9 Å². The second-order valence-electron chi connectivity index (χ2n) is 7.59. The summed E-state index contributed by atoms with van der Waals surface area (Å²) >= 11 is 5.83. The zero-order valence-electron chi connectivity index (χ0n) is 17.5. The van der Waals surface area contributed by atoms with E-state index < -0.39 is 0 Å². The van der Waals surface area contributed by atoms with E-state index in [4.69, 9.17) is 12.2 Å². The molecule has 4 nitrogen and oxygen atoms in total. The Morgan fingerprint density at radius 1 is 1.07 bits per heavy atom. The molecule has 0 spiro atoms. The van der Waals surface area contributed by atoms with Gasteiger partial charge in [0, 0.05) is 29.8 Å². The predicted molar refractivity (Wildman–Crippen MR) is 123 cm³/mol. The molecule has 4 rings (SSSR count). The molecule has 0 saturated carbocycles. The van der Waals surface area contributed by atoms with E-state index in [1.54, 1.807) is 0 Å². The highest BCUT2D eigenvalue weighted by atomic mass is 32.1. The minimum absolute atomic E-state index is 0.000331. The van der Waals surface area contributed by atoms with E-state index >= 15 is 0 Å². The maximum Gasteiger partial charge on any atom is 0.174 e. The first-order valence-corrected chi connectivity index (χ1v) is 10.7. The van der Waals surface area contributed by atoms with Crippen LogP contribution in [0.2, 0.25) is 0 Å². The summed E-state index contributed by atoms with van der Waals surface area (Å²) in [5, 5.41) is 4.30. The number of aryl methyl sites for hydroxylation is 2. The Kier molecular flexibility index (Phi) is 5.41. The first kappa shape index (κ1) is 19.6. The van der Waals surface area contributed by atoms with E-state index in [1.165, 1.54) is 22.5 Å². The smallest absolute Gasteiger partial charge is 0.174 e. The molecule has 1 saturated heterocycles. The van der Waals surface area contributed by atoms with Gasteiger partial charge in [-0.1, -0.05) is 25.1 Å². The molecule has 0 aliphatic carbocycles. The topological polar surface area (TPSA) is 33.1 Å². The molecule has 0 radical (unpaired) electrons. The Hall–Kier alpha value is -2.66. The number of hydrogen-bond donors (Lipinski definition) is 1. The van der Waals surface area contributed by atoms with Gasteiger partial charge in [0.1, 0.15) is 0 Å². The fourth-order valence-electron chi connectivity index (χ4n) is 4.46. The Bertz CT molecular complexity index is 1010. The van der Waals surface area contributed by atoms with Crippen LogP contribution in [0.1, 0.15) is 54.1 Å². The van der Waals surface area contributed by atoms with Crippen molar-refractivity contribution in [1.82, 2.24) is 14.9 Å². The second-order valence-corrected chi connectivity index (χ2v) is 7.97. The largest absolute Gasteiger partial charge is 0.351 e. The molecule has 5 heteroatoms. The third-order valence-corrected chi connectivity index (χ3v) is 6.28. The van der Waals surface area contributed by atoms with Crippen LogP contribution in [0.3, 0.4) is 0 Å². The van der Waals surface area contributed by atoms with Crippen molar-refractivity contribution in [3.8, 4) is 0 Å². The molecule has 1 fully saturated rings. The van der Waals surface area contributed by atoms with Crippen molar-refractivity contribution in [2.75, 3.05) is 4.90 Å². The normalized spacial score (nSPS) is 18.9. The van der Waals surface area contributed by atoms with Crippen molar-refractivity contribution in [3.63, 3.8) is 0 Å². The summed E-state index contributed by atoms with van der Waals surface area (Å²) in [4.78, 5) is 6.91. The van der Waals surface area contributed by atoms with Crippen molar-refractivity contribution in [1.29, 1.82) is 0 Å². The lowest BCUT2D eigenvalue weighted by molar-refractivity contribution is 0.563. The van der Waals surface area contributed by atoms with Crippen molar-refractivity contribution in [2.24, 2.45) is 0 Å². The number of thiocarbonyl (C=S) groups is 1. The van der Waals surface area contributed by atoms with Gasteiger partial charge in [0.05, 0.1) is 17.8 Å². The molecule has 1 aliphatic rings. The van der Waals surface area contributed by atoms with Gasteiger partial charge in [-0.3, -0.25) is 4.98 Å². The molecule has 1 aromatic carbocycles. The van der Waals surface area contributed by atoms with Crippen molar-refractivity contribution in [3.05, 3.63) is 82.9 Å². The van der Waals surface area contributed by atoms with E-state index in [0.29, 0.717) is 0 Å². The van der Waals surface area contributed by atoms with Crippen LogP contribution < -0.4 is 10.2 Å². The monoisotopic (exact) mass is 404 g/mol. The van der Waals surface area contributed by atoms with E-state index in [-0.39, 0.29) is 12.1 Å². The number of hydrogen-bond acceptors (Lipinski definition) is 2. The summed E-state index contributed by atoms with van der Waals surface area (Å²) in [5.41, 5.74) is 7.32. The zero-order valence-corrected chi connectivity index (χ0v) is 18.3. The maximum atomic E-state index is 5.83. The van der Waals surface area contributed by atoms with Crippen LogP contribution in [0.25, 0.3) is 0 Å². The van der Waals surface area contributed by atoms with Crippen LogP contribution in [0.4, 0.5) is 5.69 Å². The highest BCUT2D eigenvalue weighted by Crippen LogP contribution is 2.43. The van der Waals surface area contributed by atoms with Crippen LogP contribution >= 0.6 is 12.2 Å². The molecule has 1 aliphatic heterocycles. The van der Waals surface area contributed by atoms with E-state index in [9.17, 15) is 0 Å². The Balaban J connectivity index is 1.85. The molecule has 3 aromatic rings. The maximum absolute atomic E-state index is 5.83. The van der Waals surface area contributed by atoms with Gasteiger partial charge in [-0.15, -0.1) is 0 Å².